The third kappa shape index (κ3) is 2.70. The van der Waals surface area contributed by atoms with Gasteiger partial charge in [-0.2, -0.15) is 5.10 Å². The van der Waals surface area contributed by atoms with E-state index >= 15 is 0 Å². The molecule has 0 atom stereocenters. The normalized spacial score (nSPS) is 10.2. The van der Waals surface area contributed by atoms with Gasteiger partial charge in [0.1, 0.15) is 0 Å². The van der Waals surface area contributed by atoms with Gasteiger partial charge in [0, 0.05) is 6.20 Å². The minimum absolute atomic E-state index is 0.0539. The monoisotopic (exact) mass is 258 g/mol. The highest BCUT2D eigenvalue weighted by atomic mass is 16.5. The number of para-hydroxylation sites is 1. The molecule has 1 heterocycles. The molecule has 0 saturated heterocycles. The smallest absolute Gasteiger partial charge is 0.359 e. The molecule has 0 fully saturated rings. The summed E-state index contributed by atoms with van der Waals surface area (Å²) in [5.74, 6) is -0.799. The standard InChI is InChI=1S/C14H14N2O3/c1-3-19-14(18)13-12(10(2)17)9-16(15-13)11-7-5-4-6-8-11/h4-9H,3H2,1-2H3. The topological polar surface area (TPSA) is 61.2 Å². The molecule has 2 rings (SSSR count). The van der Waals surface area contributed by atoms with Gasteiger partial charge < -0.3 is 4.74 Å². The van der Waals surface area contributed by atoms with Gasteiger partial charge in [0.05, 0.1) is 17.9 Å². The summed E-state index contributed by atoms with van der Waals surface area (Å²) in [6.07, 6.45) is 1.55. The molecule has 5 nitrogen and oxygen atoms in total. The van der Waals surface area contributed by atoms with E-state index in [1.165, 1.54) is 11.6 Å². The van der Waals surface area contributed by atoms with E-state index in [2.05, 4.69) is 5.10 Å². The molecule has 0 N–H and O–H groups in total. The van der Waals surface area contributed by atoms with E-state index < -0.39 is 5.97 Å². The fourth-order valence-corrected chi connectivity index (χ4v) is 1.69. The Bertz CT molecular complexity index is 602. The molecular formula is C14H14N2O3. The number of ketones is 1. The van der Waals surface area contributed by atoms with Crippen LogP contribution in [0.5, 0.6) is 0 Å². The van der Waals surface area contributed by atoms with Crippen LogP contribution in [0, 0.1) is 0 Å². The summed E-state index contributed by atoms with van der Waals surface area (Å²) >= 11 is 0. The number of Topliss-reactive ketones (excluding diaryl/α,β-unsaturated/α-hetero) is 1. The molecule has 5 heteroatoms. The molecule has 98 valence electrons. The van der Waals surface area contributed by atoms with Crippen molar-refractivity contribution in [3.63, 3.8) is 0 Å². The zero-order chi connectivity index (χ0) is 13.8. The molecule has 0 amide bonds. The molecule has 1 aromatic heterocycles. The van der Waals surface area contributed by atoms with Crippen LogP contribution in [0.15, 0.2) is 36.5 Å². The minimum atomic E-state index is -0.581. The lowest BCUT2D eigenvalue weighted by atomic mass is 10.2. The Labute approximate surface area is 110 Å². The minimum Gasteiger partial charge on any atom is -0.461 e. The van der Waals surface area contributed by atoms with Crippen molar-refractivity contribution in [3.05, 3.63) is 47.8 Å². The number of hydrogen-bond donors (Lipinski definition) is 0. The highest BCUT2D eigenvalue weighted by molar-refractivity contribution is 6.04. The van der Waals surface area contributed by atoms with Gasteiger partial charge in [0.15, 0.2) is 11.5 Å². The molecule has 0 unspecified atom stereocenters. The number of carbonyl (C=O) groups excluding carboxylic acids is 2. The Morgan fingerprint density at radius 2 is 1.95 bits per heavy atom. The van der Waals surface area contributed by atoms with Crippen molar-refractivity contribution in [1.82, 2.24) is 9.78 Å². The molecule has 19 heavy (non-hydrogen) atoms. The maximum Gasteiger partial charge on any atom is 0.359 e. The Morgan fingerprint density at radius 1 is 1.26 bits per heavy atom. The van der Waals surface area contributed by atoms with Crippen LogP contribution in [0.2, 0.25) is 0 Å². The van der Waals surface area contributed by atoms with Crippen LogP contribution in [-0.2, 0) is 4.74 Å². The van der Waals surface area contributed by atoms with E-state index in [1.54, 1.807) is 13.1 Å². The van der Waals surface area contributed by atoms with Crippen LogP contribution < -0.4 is 0 Å². The molecule has 0 saturated carbocycles. The maximum atomic E-state index is 11.8. The molecule has 1 aromatic carbocycles. The van der Waals surface area contributed by atoms with E-state index in [9.17, 15) is 9.59 Å². The van der Waals surface area contributed by atoms with Gasteiger partial charge in [0.2, 0.25) is 0 Å². The summed E-state index contributed by atoms with van der Waals surface area (Å²) < 4.78 is 6.40. The van der Waals surface area contributed by atoms with Crippen molar-refractivity contribution < 1.29 is 14.3 Å². The highest BCUT2D eigenvalue weighted by Gasteiger charge is 2.21. The predicted octanol–water partition coefficient (Wildman–Crippen LogP) is 2.25. The van der Waals surface area contributed by atoms with E-state index in [-0.39, 0.29) is 23.6 Å². The largest absolute Gasteiger partial charge is 0.461 e. The lowest BCUT2D eigenvalue weighted by molar-refractivity contribution is 0.0516. The molecule has 0 spiro atoms. The first-order valence-corrected chi connectivity index (χ1v) is 5.96. The summed E-state index contributed by atoms with van der Waals surface area (Å²) in [4.78, 5) is 23.3. The van der Waals surface area contributed by atoms with E-state index in [4.69, 9.17) is 4.74 Å². The molecule has 0 radical (unpaired) electrons. The average molecular weight is 258 g/mol. The molecule has 2 aromatic rings. The van der Waals surface area contributed by atoms with Crippen LogP contribution in [0.4, 0.5) is 0 Å². The Morgan fingerprint density at radius 3 is 2.53 bits per heavy atom. The fraction of sp³-hybridized carbons (Fsp3) is 0.214. The first-order chi connectivity index (χ1) is 9.13. The molecule has 0 aliphatic rings. The van der Waals surface area contributed by atoms with Crippen LogP contribution in [0.3, 0.4) is 0 Å². The second kappa shape index (κ2) is 5.48. The fourth-order valence-electron chi connectivity index (χ4n) is 1.69. The van der Waals surface area contributed by atoms with Gasteiger partial charge in [-0.1, -0.05) is 18.2 Å². The molecule has 0 aliphatic heterocycles. The van der Waals surface area contributed by atoms with Crippen LogP contribution >= 0.6 is 0 Å². The van der Waals surface area contributed by atoms with Gasteiger partial charge in [0.25, 0.3) is 0 Å². The van der Waals surface area contributed by atoms with Crippen molar-refractivity contribution in [1.29, 1.82) is 0 Å². The highest BCUT2D eigenvalue weighted by Crippen LogP contribution is 2.14. The third-order valence-electron chi connectivity index (χ3n) is 2.58. The Kier molecular flexibility index (Phi) is 3.75. The van der Waals surface area contributed by atoms with E-state index in [1.807, 2.05) is 30.3 Å². The van der Waals surface area contributed by atoms with Crippen molar-refractivity contribution >= 4 is 11.8 Å². The predicted molar refractivity (Wildman–Crippen MR) is 69.5 cm³/mol. The quantitative estimate of drug-likeness (QED) is 0.623. The SMILES string of the molecule is CCOC(=O)c1nn(-c2ccccc2)cc1C(C)=O. The van der Waals surface area contributed by atoms with Crippen molar-refractivity contribution in [3.8, 4) is 5.69 Å². The third-order valence-corrected chi connectivity index (χ3v) is 2.58. The number of nitrogens with zero attached hydrogens (tertiary/aromatic N) is 2. The Balaban J connectivity index is 2.47. The number of hydrogen-bond acceptors (Lipinski definition) is 4. The van der Waals surface area contributed by atoms with Crippen LogP contribution in [0.1, 0.15) is 34.7 Å². The Hall–Kier alpha value is -2.43. The second-order valence-corrected chi connectivity index (χ2v) is 3.95. The van der Waals surface area contributed by atoms with Crippen molar-refractivity contribution in [2.24, 2.45) is 0 Å². The number of ether oxygens (including phenoxy) is 1. The zero-order valence-corrected chi connectivity index (χ0v) is 10.8. The first kappa shape index (κ1) is 13.0. The maximum absolute atomic E-state index is 11.8. The average Bonchev–Trinajstić information content (AvgIpc) is 2.85. The number of esters is 1. The summed E-state index contributed by atoms with van der Waals surface area (Å²) in [5, 5.41) is 4.14. The van der Waals surface area contributed by atoms with Crippen LogP contribution in [0.25, 0.3) is 5.69 Å². The van der Waals surface area contributed by atoms with Gasteiger partial charge in [-0.25, -0.2) is 9.48 Å². The van der Waals surface area contributed by atoms with Gasteiger partial charge in [-0.3, -0.25) is 4.79 Å². The van der Waals surface area contributed by atoms with Gasteiger partial charge >= 0.3 is 5.97 Å². The number of rotatable bonds is 4. The molecular weight excluding hydrogens is 244 g/mol. The molecule has 0 aliphatic carbocycles. The zero-order valence-electron chi connectivity index (χ0n) is 10.8. The van der Waals surface area contributed by atoms with E-state index in [0.717, 1.165) is 5.69 Å². The lowest BCUT2D eigenvalue weighted by Crippen LogP contribution is -2.10. The van der Waals surface area contributed by atoms with Crippen molar-refractivity contribution in [2.75, 3.05) is 6.61 Å². The van der Waals surface area contributed by atoms with Gasteiger partial charge in [-0.15, -0.1) is 0 Å². The van der Waals surface area contributed by atoms with E-state index in [0.29, 0.717) is 0 Å². The number of carbonyl (C=O) groups is 2. The second-order valence-electron chi connectivity index (χ2n) is 3.95. The number of benzene rings is 1. The summed E-state index contributed by atoms with van der Waals surface area (Å²) in [7, 11) is 0. The summed E-state index contributed by atoms with van der Waals surface area (Å²) in [6, 6.07) is 9.27. The van der Waals surface area contributed by atoms with Crippen molar-refractivity contribution in [2.45, 2.75) is 13.8 Å². The number of aromatic nitrogens is 2. The molecule has 0 bridgehead atoms. The summed E-state index contributed by atoms with van der Waals surface area (Å²) in [5.41, 5.74) is 1.10. The lowest BCUT2D eigenvalue weighted by Gasteiger charge is -2.00. The van der Waals surface area contributed by atoms with Crippen LogP contribution in [-0.4, -0.2) is 28.1 Å². The van der Waals surface area contributed by atoms with Gasteiger partial charge in [-0.05, 0) is 26.0 Å². The summed E-state index contributed by atoms with van der Waals surface area (Å²) in [6.45, 7) is 3.35. The first-order valence-electron chi connectivity index (χ1n) is 5.96.